The molecule has 0 saturated heterocycles. The van der Waals surface area contributed by atoms with Crippen LogP contribution in [-0.2, 0) is 22.7 Å². The normalized spacial score (nSPS) is 15.8. The third kappa shape index (κ3) is 3.21. The van der Waals surface area contributed by atoms with Crippen LogP contribution in [0.25, 0.3) is 0 Å². The Morgan fingerprint density at radius 1 is 0.950 bits per heavy atom. The first-order chi connectivity index (χ1) is 8.76. The first-order valence-corrected chi connectivity index (χ1v) is 5.08. The number of carboxylic acids is 1. The Bertz CT molecular complexity index is 500. The lowest BCUT2D eigenvalue weighted by molar-refractivity contribution is -0.146. The molecule has 1 aromatic carbocycles. The van der Waals surface area contributed by atoms with Gasteiger partial charge in [0.05, 0.1) is 11.1 Å². The molecule has 0 aromatic heterocycles. The van der Waals surface area contributed by atoms with Gasteiger partial charge in [0.1, 0.15) is 5.54 Å². The van der Waals surface area contributed by atoms with E-state index in [0.29, 0.717) is 12.1 Å². The highest BCUT2D eigenvalue weighted by atomic mass is 19.4. The predicted octanol–water partition coefficient (Wildman–Crippen LogP) is 2.98. The zero-order valence-corrected chi connectivity index (χ0v) is 9.93. The molecule has 112 valence electrons. The Morgan fingerprint density at radius 3 is 1.50 bits per heavy atom. The highest BCUT2D eigenvalue weighted by molar-refractivity contribution is 5.80. The van der Waals surface area contributed by atoms with E-state index in [4.69, 9.17) is 10.8 Å². The number of alkyl halides is 6. The molecule has 1 atom stereocenters. The van der Waals surface area contributed by atoms with Gasteiger partial charge in [-0.2, -0.15) is 26.3 Å². The number of aliphatic carboxylic acids is 1. The van der Waals surface area contributed by atoms with Crippen LogP contribution in [0, 0.1) is 0 Å². The molecule has 0 amide bonds. The third-order valence-corrected chi connectivity index (χ3v) is 2.63. The lowest BCUT2D eigenvalue weighted by atomic mass is 9.90. The summed E-state index contributed by atoms with van der Waals surface area (Å²) in [5.74, 6) is -1.75. The maximum atomic E-state index is 12.6. The minimum Gasteiger partial charge on any atom is -0.480 e. The largest absolute Gasteiger partial charge is 0.480 e. The summed E-state index contributed by atoms with van der Waals surface area (Å²) in [4.78, 5) is 10.9. The first-order valence-electron chi connectivity index (χ1n) is 5.08. The summed E-state index contributed by atoms with van der Waals surface area (Å²) in [6.07, 6.45) is -10.1. The van der Waals surface area contributed by atoms with Crippen LogP contribution in [0.15, 0.2) is 18.2 Å². The molecule has 0 fully saturated rings. The van der Waals surface area contributed by atoms with Crippen LogP contribution < -0.4 is 5.73 Å². The van der Waals surface area contributed by atoms with Gasteiger partial charge in [0.15, 0.2) is 0 Å². The molecule has 1 rings (SSSR count). The van der Waals surface area contributed by atoms with Crippen LogP contribution in [0.3, 0.4) is 0 Å². The van der Waals surface area contributed by atoms with Gasteiger partial charge < -0.3 is 10.8 Å². The van der Waals surface area contributed by atoms with Gasteiger partial charge in [-0.3, -0.25) is 0 Å². The lowest BCUT2D eigenvalue weighted by Crippen LogP contribution is -2.42. The Labute approximate surface area is 109 Å². The SMILES string of the molecule is CC(N)(C(=O)O)c1cc(C(F)(F)F)cc(C(F)(F)F)c1. The van der Waals surface area contributed by atoms with Gasteiger partial charge in [0.2, 0.25) is 0 Å². The molecule has 9 heteroatoms. The second-order valence-corrected chi connectivity index (χ2v) is 4.30. The summed E-state index contributed by atoms with van der Waals surface area (Å²) in [5, 5.41) is 8.79. The predicted molar refractivity (Wildman–Crippen MR) is 55.6 cm³/mol. The van der Waals surface area contributed by atoms with Gasteiger partial charge in [-0.05, 0) is 30.7 Å². The van der Waals surface area contributed by atoms with Crippen LogP contribution >= 0.6 is 0 Å². The molecule has 0 aliphatic rings. The van der Waals surface area contributed by atoms with E-state index in [1.165, 1.54) is 0 Å². The van der Waals surface area contributed by atoms with E-state index in [-0.39, 0.29) is 6.07 Å². The smallest absolute Gasteiger partial charge is 0.416 e. The highest BCUT2D eigenvalue weighted by Crippen LogP contribution is 2.38. The van der Waals surface area contributed by atoms with Crippen molar-refractivity contribution in [3.8, 4) is 0 Å². The Balaban J connectivity index is 3.59. The molecule has 0 heterocycles. The minimum absolute atomic E-state index is 0.0958. The monoisotopic (exact) mass is 301 g/mol. The van der Waals surface area contributed by atoms with Crippen molar-refractivity contribution in [1.82, 2.24) is 0 Å². The van der Waals surface area contributed by atoms with Crippen molar-refractivity contribution >= 4 is 5.97 Å². The van der Waals surface area contributed by atoms with Gasteiger partial charge in [-0.1, -0.05) is 0 Å². The van der Waals surface area contributed by atoms with Gasteiger partial charge in [-0.15, -0.1) is 0 Å². The van der Waals surface area contributed by atoms with Crippen LogP contribution in [0.1, 0.15) is 23.6 Å². The second-order valence-electron chi connectivity index (χ2n) is 4.30. The topological polar surface area (TPSA) is 63.3 Å². The fourth-order valence-corrected chi connectivity index (χ4v) is 1.38. The molecule has 0 saturated carbocycles. The molecule has 1 unspecified atom stereocenters. The molecule has 0 aliphatic heterocycles. The Morgan fingerprint density at radius 2 is 1.25 bits per heavy atom. The van der Waals surface area contributed by atoms with Crippen molar-refractivity contribution in [3.63, 3.8) is 0 Å². The molecule has 0 spiro atoms. The summed E-state index contributed by atoms with van der Waals surface area (Å²) in [6.45, 7) is 0.810. The molecule has 3 N–H and O–H groups in total. The maximum Gasteiger partial charge on any atom is 0.416 e. The van der Waals surface area contributed by atoms with E-state index < -0.39 is 40.6 Å². The van der Waals surface area contributed by atoms with E-state index in [0.717, 1.165) is 6.92 Å². The third-order valence-electron chi connectivity index (χ3n) is 2.63. The number of carboxylic acid groups (broad SMARTS) is 1. The number of nitrogens with two attached hydrogens (primary N) is 1. The zero-order valence-electron chi connectivity index (χ0n) is 9.93. The summed E-state index contributed by atoms with van der Waals surface area (Å²) in [5.41, 5.74) is -1.11. The quantitative estimate of drug-likeness (QED) is 0.825. The molecule has 0 radical (unpaired) electrons. The van der Waals surface area contributed by atoms with Gasteiger partial charge in [0, 0.05) is 0 Å². The summed E-state index contributed by atoms with van der Waals surface area (Å²) < 4.78 is 75.4. The molecule has 0 aliphatic carbocycles. The fraction of sp³-hybridized carbons (Fsp3) is 0.364. The van der Waals surface area contributed by atoms with Gasteiger partial charge in [-0.25, -0.2) is 4.79 Å². The van der Waals surface area contributed by atoms with E-state index in [1.54, 1.807) is 0 Å². The number of hydrogen-bond donors (Lipinski definition) is 2. The summed E-state index contributed by atoms with van der Waals surface area (Å²) in [7, 11) is 0. The van der Waals surface area contributed by atoms with E-state index in [9.17, 15) is 31.1 Å². The van der Waals surface area contributed by atoms with Crippen molar-refractivity contribution < 1.29 is 36.2 Å². The number of halogens is 6. The standard InChI is InChI=1S/C11H9F6NO2/c1-9(18,8(19)20)5-2-6(10(12,13)14)4-7(3-5)11(15,16)17/h2-4H,18H2,1H3,(H,19,20). The molecular formula is C11H9F6NO2. The Kier molecular flexibility index (Phi) is 3.79. The van der Waals surface area contributed by atoms with Crippen molar-refractivity contribution in [3.05, 3.63) is 34.9 Å². The first kappa shape index (κ1) is 16.3. The molecule has 0 bridgehead atoms. The van der Waals surface area contributed by atoms with E-state index in [1.807, 2.05) is 0 Å². The van der Waals surface area contributed by atoms with Crippen LogP contribution in [0.2, 0.25) is 0 Å². The number of benzene rings is 1. The van der Waals surface area contributed by atoms with Crippen molar-refractivity contribution in [2.75, 3.05) is 0 Å². The van der Waals surface area contributed by atoms with Crippen molar-refractivity contribution in [1.29, 1.82) is 0 Å². The van der Waals surface area contributed by atoms with E-state index in [2.05, 4.69) is 0 Å². The number of carbonyl (C=O) groups is 1. The average Bonchev–Trinajstić information content (AvgIpc) is 2.25. The maximum absolute atomic E-state index is 12.6. The lowest BCUT2D eigenvalue weighted by Gasteiger charge is -2.22. The van der Waals surface area contributed by atoms with Gasteiger partial charge in [0.25, 0.3) is 0 Å². The second kappa shape index (κ2) is 4.65. The molecule has 3 nitrogen and oxygen atoms in total. The fourth-order valence-electron chi connectivity index (χ4n) is 1.38. The number of hydrogen-bond acceptors (Lipinski definition) is 2. The highest BCUT2D eigenvalue weighted by Gasteiger charge is 2.40. The number of rotatable bonds is 2. The van der Waals surface area contributed by atoms with Crippen molar-refractivity contribution in [2.24, 2.45) is 5.73 Å². The van der Waals surface area contributed by atoms with Crippen LogP contribution in [-0.4, -0.2) is 11.1 Å². The average molecular weight is 301 g/mol. The van der Waals surface area contributed by atoms with Gasteiger partial charge >= 0.3 is 18.3 Å². The minimum atomic E-state index is -5.05. The summed E-state index contributed by atoms with van der Waals surface area (Å²) in [6, 6.07) is 0.494. The zero-order chi connectivity index (χ0) is 15.9. The summed E-state index contributed by atoms with van der Waals surface area (Å²) >= 11 is 0. The molecule has 20 heavy (non-hydrogen) atoms. The Hall–Kier alpha value is -1.77. The van der Waals surface area contributed by atoms with E-state index >= 15 is 0 Å². The molecule has 1 aromatic rings. The van der Waals surface area contributed by atoms with Crippen molar-refractivity contribution in [2.45, 2.75) is 24.8 Å². The van der Waals surface area contributed by atoms with Crippen LogP contribution in [0.4, 0.5) is 26.3 Å². The van der Waals surface area contributed by atoms with Crippen LogP contribution in [0.5, 0.6) is 0 Å². The molecular weight excluding hydrogens is 292 g/mol.